The molecule has 0 saturated carbocycles. The van der Waals surface area contributed by atoms with Gasteiger partial charge in [-0.1, -0.05) is 18.2 Å². The van der Waals surface area contributed by atoms with Crippen molar-refractivity contribution >= 4 is 28.3 Å². The minimum atomic E-state index is -1.02. The molecular formula is C29H26N6O4. The highest BCUT2D eigenvalue weighted by Crippen LogP contribution is 2.31. The number of anilines is 1. The molecule has 5 aromatic rings. The number of carbonyl (C=O) groups excluding carboxylic acids is 1. The number of nitrogens with one attached hydrogen (secondary N) is 1. The summed E-state index contributed by atoms with van der Waals surface area (Å²) < 4.78 is 3.13. The maximum Gasteiger partial charge on any atom is 0.337 e. The fourth-order valence-electron chi connectivity index (χ4n) is 4.68. The molecule has 2 aromatic carbocycles. The molecule has 10 nitrogen and oxygen atoms in total. The maximum absolute atomic E-state index is 13.5. The van der Waals surface area contributed by atoms with Crippen molar-refractivity contribution in [2.75, 3.05) is 5.32 Å². The first kappa shape index (κ1) is 25.4. The van der Waals surface area contributed by atoms with E-state index in [1.165, 1.54) is 6.20 Å². The Kier molecular flexibility index (Phi) is 6.45. The lowest BCUT2D eigenvalue weighted by Crippen LogP contribution is -2.20. The Bertz CT molecular complexity index is 1800. The Morgan fingerprint density at radius 1 is 1.05 bits per heavy atom. The fraction of sp³-hybridized carbons (Fsp3) is 0.138. The van der Waals surface area contributed by atoms with Gasteiger partial charge in [-0.15, -0.1) is 0 Å². The van der Waals surface area contributed by atoms with E-state index in [-0.39, 0.29) is 17.2 Å². The lowest BCUT2D eigenvalue weighted by molar-refractivity contribution is 0.0697. The number of benzene rings is 2. The summed E-state index contributed by atoms with van der Waals surface area (Å²) in [5, 5.41) is 18.6. The van der Waals surface area contributed by atoms with Crippen LogP contribution in [0.25, 0.3) is 27.8 Å². The van der Waals surface area contributed by atoms with Crippen LogP contribution in [0.1, 0.15) is 44.8 Å². The number of carboxylic acid groups (broad SMARTS) is 1. The van der Waals surface area contributed by atoms with Crippen LogP contribution < -0.4 is 16.6 Å². The van der Waals surface area contributed by atoms with Gasteiger partial charge in [0, 0.05) is 42.1 Å². The van der Waals surface area contributed by atoms with Crippen LogP contribution in [0.5, 0.6) is 0 Å². The molecule has 0 aliphatic heterocycles. The van der Waals surface area contributed by atoms with Gasteiger partial charge in [0.1, 0.15) is 0 Å². The Morgan fingerprint density at radius 2 is 1.82 bits per heavy atom. The van der Waals surface area contributed by atoms with Gasteiger partial charge in [0.15, 0.2) is 5.82 Å². The molecular weight excluding hydrogens is 496 g/mol. The normalized spacial score (nSPS) is 11.9. The monoisotopic (exact) mass is 522 g/mol. The van der Waals surface area contributed by atoms with Crippen molar-refractivity contribution in [3.63, 3.8) is 0 Å². The van der Waals surface area contributed by atoms with Gasteiger partial charge in [-0.25, -0.2) is 14.5 Å². The topological polar surface area (TPSA) is 145 Å². The van der Waals surface area contributed by atoms with Gasteiger partial charge in [0.25, 0.3) is 5.56 Å². The van der Waals surface area contributed by atoms with E-state index < -0.39 is 11.9 Å². The van der Waals surface area contributed by atoms with Gasteiger partial charge in [-0.05, 0) is 66.8 Å². The highest BCUT2D eigenvalue weighted by atomic mass is 16.4. The molecule has 3 heterocycles. The number of amides is 1. The fourth-order valence-corrected chi connectivity index (χ4v) is 4.68. The molecule has 0 spiro atoms. The summed E-state index contributed by atoms with van der Waals surface area (Å²) in [5.41, 5.74) is 9.21. The summed E-state index contributed by atoms with van der Waals surface area (Å²) in [5.74, 6) is -1.10. The molecule has 3 aromatic heterocycles. The molecule has 196 valence electrons. The third-order valence-corrected chi connectivity index (χ3v) is 6.68. The number of primary amides is 1. The SMILES string of the molecule is Cc1cc(C(C)Nc2ccccc2C(=O)O)c2cc(-c3cnn(-c4ccc(C(N)=O)cn4)c3)n(C)c(=O)c2c1. The zero-order chi connectivity index (χ0) is 27.8. The standard InChI is InChI=1S/C29H26N6O4/c1-16-10-21(17(2)33-24-7-5-4-6-20(24)29(38)39)22-12-25(34(3)28(37)23(22)11-16)19-14-32-35(15-19)26-9-8-18(13-31-26)27(30)36/h4-15,17,33H,1-3H3,(H2,30,36)(H,38,39). The number of carbonyl (C=O) groups is 2. The van der Waals surface area contributed by atoms with Gasteiger partial charge >= 0.3 is 5.97 Å². The zero-order valence-corrected chi connectivity index (χ0v) is 21.5. The van der Waals surface area contributed by atoms with Crippen molar-refractivity contribution in [3.8, 4) is 17.1 Å². The van der Waals surface area contributed by atoms with E-state index in [9.17, 15) is 19.5 Å². The highest BCUT2D eigenvalue weighted by Gasteiger charge is 2.18. The molecule has 0 aliphatic carbocycles. The van der Waals surface area contributed by atoms with Crippen LogP contribution in [0.15, 0.2) is 78.0 Å². The number of carboxylic acids is 1. The van der Waals surface area contributed by atoms with Gasteiger partial charge in [0.2, 0.25) is 5.91 Å². The first-order valence-electron chi connectivity index (χ1n) is 12.2. The third-order valence-electron chi connectivity index (χ3n) is 6.68. The summed E-state index contributed by atoms with van der Waals surface area (Å²) >= 11 is 0. The Morgan fingerprint density at radius 3 is 2.51 bits per heavy atom. The van der Waals surface area contributed by atoms with Crippen molar-refractivity contribution in [2.24, 2.45) is 12.8 Å². The highest BCUT2D eigenvalue weighted by molar-refractivity contribution is 5.95. The molecule has 0 saturated heterocycles. The van der Waals surface area contributed by atoms with Crippen LogP contribution >= 0.6 is 0 Å². The Balaban J connectivity index is 1.59. The average molecular weight is 523 g/mol. The van der Waals surface area contributed by atoms with Crippen molar-refractivity contribution < 1.29 is 14.7 Å². The largest absolute Gasteiger partial charge is 0.478 e. The van der Waals surface area contributed by atoms with Crippen molar-refractivity contribution in [1.29, 1.82) is 0 Å². The van der Waals surface area contributed by atoms with Crippen LogP contribution in [0.2, 0.25) is 0 Å². The number of aryl methyl sites for hydroxylation is 1. The third kappa shape index (κ3) is 4.75. The number of rotatable bonds is 7. The second-order valence-corrected chi connectivity index (χ2v) is 9.37. The van der Waals surface area contributed by atoms with E-state index in [4.69, 9.17) is 5.73 Å². The summed E-state index contributed by atoms with van der Waals surface area (Å²) in [6.45, 7) is 3.86. The summed E-state index contributed by atoms with van der Waals surface area (Å²) in [7, 11) is 1.71. The summed E-state index contributed by atoms with van der Waals surface area (Å²) in [6.07, 6.45) is 4.78. The minimum Gasteiger partial charge on any atom is -0.478 e. The molecule has 0 fully saturated rings. The quantitative estimate of drug-likeness (QED) is 0.292. The molecule has 0 aliphatic rings. The zero-order valence-electron chi connectivity index (χ0n) is 21.5. The van der Waals surface area contributed by atoms with Crippen LogP contribution in [0.4, 0.5) is 5.69 Å². The average Bonchev–Trinajstić information content (AvgIpc) is 3.41. The van der Waals surface area contributed by atoms with E-state index in [2.05, 4.69) is 15.4 Å². The van der Waals surface area contributed by atoms with Crippen molar-refractivity contribution in [2.45, 2.75) is 19.9 Å². The van der Waals surface area contributed by atoms with Crippen LogP contribution in [0.3, 0.4) is 0 Å². The Hall–Kier alpha value is -5.25. The smallest absolute Gasteiger partial charge is 0.337 e. The number of hydrogen-bond acceptors (Lipinski definition) is 6. The van der Waals surface area contributed by atoms with Gasteiger partial charge in [-0.2, -0.15) is 5.10 Å². The number of pyridine rings is 2. The van der Waals surface area contributed by atoms with Crippen molar-refractivity contribution in [1.82, 2.24) is 19.3 Å². The summed E-state index contributed by atoms with van der Waals surface area (Å²) in [4.78, 5) is 40.8. The first-order chi connectivity index (χ1) is 18.6. The molecule has 0 radical (unpaired) electrons. The number of fused-ring (bicyclic) bond motifs is 1. The van der Waals surface area contributed by atoms with E-state index in [0.717, 1.165) is 16.5 Å². The predicted octanol–water partition coefficient (Wildman–Crippen LogP) is 4.06. The number of para-hydroxylation sites is 1. The van der Waals surface area contributed by atoms with Crippen LogP contribution in [0, 0.1) is 6.92 Å². The molecule has 1 unspecified atom stereocenters. The van der Waals surface area contributed by atoms with Crippen LogP contribution in [-0.4, -0.2) is 36.3 Å². The molecule has 0 bridgehead atoms. The van der Waals surface area contributed by atoms with E-state index in [1.807, 2.05) is 32.0 Å². The number of hydrogen-bond donors (Lipinski definition) is 3. The lowest BCUT2D eigenvalue weighted by atomic mass is 9.96. The number of nitrogens with two attached hydrogens (primary N) is 1. The predicted molar refractivity (Wildman–Crippen MR) is 148 cm³/mol. The van der Waals surface area contributed by atoms with Gasteiger partial charge < -0.3 is 20.7 Å². The number of aromatic carboxylic acids is 1. The van der Waals surface area contributed by atoms with Gasteiger partial charge in [0.05, 0.1) is 23.0 Å². The number of nitrogens with zero attached hydrogens (tertiary/aromatic N) is 4. The lowest BCUT2D eigenvalue weighted by Gasteiger charge is -2.21. The van der Waals surface area contributed by atoms with Crippen LogP contribution in [-0.2, 0) is 7.05 Å². The molecule has 5 rings (SSSR count). The second-order valence-electron chi connectivity index (χ2n) is 9.37. The molecule has 1 amide bonds. The Labute approximate surface area is 223 Å². The van der Waals surface area contributed by atoms with E-state index in [0.29, 0.717) is 33.7 Å². The number of aromatic nitrogens is 4. The van der Waals surface area contributed by atoms with E-state index >= 15 is 0 Å². The maximum atomic E-state index is 13.5. The molecule has 1 atom stereocenters. The van der Waals surface area contributed by atoms with Crippen molar-refractivity contribution in [3.05, 3.63) is 106 Å². The molecule has 39 heavy (non-hydrogen) atoms. The minimum absolute atomic E-state index is 0.165. The second kappa shape index (κ2) is 9.90. The molecule has 10 heteroatoms. The van der Waals surface area contributed by atoms with E-state index in [1.54, 1.807) is 65.1 Å². The first-order valence-corrected chi connectivity index (χ1v) is 12.2. The molecule has 4 N–H and O–H groups in total. The van der Waals surface area contributed by atoms with Gasteiger partial charge in [-0.3, -0.25) is 9.59 Å². The summed E-state index contributed by atoms with van der Waals surface area (Å²) in [6, 6.07) is 15.4.